The Balaban J connectivity index is 2.34. The zero-order chi connectivity index (χ0) is 18.1. The van der Waals surface area contributed by atoms with E-state index in [1.807, 2.05) is 20.8 Å². The number of benzene rings is 1. The summed E-state index contributed by atoms with van der Waals surface area (Å²) in [6, 6.07) is 6.67. The van der Waals surface area contributed by atoms with Gasteiger partial charge in [-0.15, -0.1) is 11.3 Å². The molecule has 2 aromatic rings. The standard InChI is InChI=1S/C17H21O5PS/c1-6-21-23(5,20)16(19)11-7-8-13-12(9-11)10-14(24-13)15(18)22-17(2,3)4/h7-10H,6H2,1-5H3. The summed E-state index contributed by atoms with van der Waals surface area (Å²) < 4.78 is 23.6. The first-order valence-electron chi connectivity index (χ1n) is 7.57. The van der Waals surface area contributed by atoms with Gasteiger partial charge in [-0.05, 0) is 57.3 Å². The van der Waals surface area contributed by atoms with Gasteiger partial charge in [0.25, 0.3) is 7.37 Å². The second-order valence-electron chi connectivity index (χ2n) is 6.43. The number of carbonyl (C=O) groups excluding carboxylic acids is 2. The molecule has 2 rings (SSSR count). The normalized spacial score (nSPS) is 14.4. The Morgan fingerprint density at radius 3 is 2.46 bits per heavy atom. The van der Waals surface area contributed by atoms with Gasteiger partial charge < -0.3 is 9.26 Å². The van der Waals surface area contributed by atoms with Crippen LogP contribution in [0.1, 0.15) is 47.7 Å². The van der Waals surface area contributed by atoms with Crippen molar-refractivity contribution in [3.05, 3.63) is 34.7 Å². The lowest BCUT2D eigenvalue weighted by Gasteiger charge is -2.18. The minimum atomic E-state index is -3.35. The highest BCUT2D eigenvalue weighted by atomic mass is 32.1. The van der Waals surface area contributed by atoms with Crippen LogP contribution < -0.4 is 0 Å². The predicted molar refractivity (Wildman–Crippen MR) is 96.5 cm³/mol. The minimum Gasteiger partial charge on any atom is -0.456 e. The molecule has 0 aliphatic carbocycles. The molecule has 7 heteroatoms. The quantitative estimate of drug-likeness (QED) is 0.552. The summed E-state index contributed by atoms with van der Waals surface area (Å²) >= 11 is 1.30. The van der Waals surface area contributed by atoms with E-state index in [1.165, 1.54) is 18.0 Å². The van der Waals surface area contributed by atoms with Gasteiger partial charge >= 0.3 is 5.97 Å². The summed E-state index contributed by atoms with van der Waals surface area (Å²) in [4.78, 5) is 25.0. The van der Waals surface area contributed by atoms with Gasteiger partial charge in [-0.3, -0.25) is 9.36 Å². The average Bonchev–Trinajstić information content (AvgIpc) is 2.87. The van der Waals surface area contributed by atoms with E-state index in [0.717, 1.165) is 10.1 Å². The fourth-order valence-electron chi connectivity index (χ4n) is 2.14. The molecule has 1 aromatic carbocycles. The van der Waals surface area contributed by atoms with Crippen molar-refractivity contribution in [2.75, 3.05) is 13.3 Å². The van der Waals surface area contributed by atoms with Gasteiger partial charge in [0.1, 0.15) is 10.5 Å². The maximum Gasteiger partial charge on any atom is 0.348 e. The molecule has 0 N–H and O–H groups in total. The van der Waals surface area contributed by atoms with Crippen LogP contribution in [-0.2, 0) is 13.8 Å². The summed E-state index contributed by atoms with van der Waals surface area (Å²) in [5.74, 6) is -0.396. The number of thiophene rings is 1. The molecule has 0 spiro atoms. The van der Waals surface area contributed by atoms with Crippen LogP contribution in [0.25, 0.3) is 10.1 Å². The SMILES string of the molecule is CCOP(C)(=O)C(=O)c1ccc2sc(C(=O)OC(C)(C)C)cc2c1. The Hall–Kier alpha value is -1.49. The molecule has 0 fully saturated rings. The van der Waals surface area contributed by atoms with Gasteiger partial charge in [-0.1, -0.05) is 0 Å². The van der Waals surface area contributed by atoms with E-state index in [1.54, 1.807) is 31.2 Å². The maximum atomic E-state index is 12.4. The zero-order valence-corrected chi connectivity index (χ0v) is 16.1. The molecule has 0 amide bonds. The van der Waals surface area contributed by atoms with Gasteiger partial charge in [0.05, 0.1) is 6.61 Å². The van der Waals surface area contributed by atoms with Crippen molar-refractivity contribution in [3.8, 4) is 0 Å². The largest absolute Gasteiger partial charge is 0.456 e. The molecule has 1 heterocycles. The number of rotatable bonds is 5. The molecule has 0 aliphatic rings. The number of hydrogen-bond donors (Lipinski definition) is 0. The number of fused-ring (bicyclic) bond motifs is 1. The maximum absolute atomic E-state index is 12.4. The van der Waals surface area contributed by atoms with Crippen molar-refractivity contribution in [1.29, 1.82) is 0 Å². The van der Waals surface area contributed by atoms with E-state index < -0.39 is 24.5 Å². The molecular weight excluding hydrogens is 347 g/mol. The van der Waals surface area contributed by atoms with Crippen LogP contribution in [0.15, 0.2) is 24.3 Å². The van der Waals surface area contributed by atoms with Crippen LogP contribution in [0.3, 0.4) is 0 Å². The highest BCUT2D eigenvalue weighted by Crippen LogP contribution is 2.46. The Morgan fingerprint density at radius 2 is 1.88 bits per heavy atom. The van der Waals surface area contributed by atoms with E-state index in [9.17, 15) is 14.2 Å². The Morgan fingerprint density at radius 1 is 1.21 bits per heavy atom. The van der Waals surface area contributed by atoms with Crippen LogP contribution >= 0.6 is 18.7 Å². The first kappa shape index (κ1) is 18.8. The minimum absolute atomic E-state index is 0.211. The van der Waals surface area contributed by atoms with Crippen LogP contribution in [0.5, 0.6) is 0 Å². The molecule has 130 valence electrons. The van der Waals surface area contributed by atoms with E-state index in [4.69, 9.17) is 9.26 Å². The van der Waals surface area contributed by atoms with Crippen molar-refractivity contribution in [2.24, 2.45) is 0 Å². The lowest BCUT2D eigenvalue weighted by atomic mass is 10.2. The van der Waals surface area contributed by atoms with Gasteiger partial charge in [-0.2, -0.15) is 0 Å². The van der Waals surface area contributed by atoms with E-state index in [-0.39, 0.29) is 6.61 Å². The number of carbonyl (C=O) groups is 2. The van der Waals surface area contributed by atoms with Crippen LogP contribution in [0.2, 0.25) is 0 Å². The third kappa shape index (κ3) is 4.32. The van der Waals surface area contributed by atoms with Crippen LogP contribution in [0.4, 0.5) is 0 Å². The molecule has 0 radical (unpaired) electrons. The molecular formula is C17H21O5PS. The highest BCUT2D eigenvalue weighted by molar-refractivity contribution is 7.76. The second kappa shape index (κ2) is 6.79. The lowest BCUT2D eigenvalue weighted by Crippen LogP contribution is -2.23. The molecule has 1 aromatic heterocycles. The summed E-state index contributed by atoms with van der Waals surface area (Å²) in [6.45, 7) is 8.65. The molecule has 0 saturated carbocycles. The number of hydrogen-bond acceptors (Lipinski definition) is 6. The van der Waals surface area contributed by atoms with E-state index in [2.05, 4.69) is 0 Å². The van der Waals surface area contributed by atoms with Gasteiger partial charge in [0.15, 0.2) is 0 Å². The molecule has 0 aliphatic heterocycles. The van der Waals surface area contributed by atoms with Crippen LogP contribution in [-0.4, -0.2) is 30.4 Å². The summed E-state index contributed by atoms with van der Waals surface area (Å²) in [5, 5.41) is 0.739. The molecule has 0 saturated heterocycles. The summed E-state index contributed by atoms with van der Waals surface area (Å²) in [6.07, 6.45) is 0. The van der Waals surface area contributed by atoms with Crippen molar-refractivity contribution in [2.45, 2.75) is 33.3 Å². The lowest BCUT2D eigenvalue weighted by molar-refractivity contribution is 0.00752. The third-order valence-electron chi connectivity index (χ3n) is 3.11. The van der Waals surface area contributed by atoms with Gasteiger partial charge in [0.2, 0.25) is 5.52 Å². The molecule has 0 bridgehead atoms. The topological polar surface area (TPSA) is 69.7 Å². The summed E-state index contributed by atoms with van der Waals surface area (Å²) in [5.41, 5.74) is -0.771. The first-order valence-corrected chi connectivity index (χ1v) is 10.5. The van der Waals surface area contributed by atoms with E-state index >= 15 is 0 Å². The third-order valence-corrected chi connectivity index (χ3v) is 5.95. The monoisotopic (exact) mass is 368 g/mol. The molecule has 1 unspecified atom stereocenters. The fourth-order valence-corrected chi connectivity index (χ4v) is 4.28. The number of ether oxygens (including phenoxy) is 1. The fraction of sp³-hybridized carbons (Fsp3) is 0.412. The summed E-state index contributed by atoms with van der Waals surface area (Å²) in [7, 11) is -3.35. The zero-order valence-electron chi connectivity index (χ0n) is 14.4. The van der Waals surface area contributed by atoms with Crippen molar-refractivity contribution in [1.82, 2.24) is 0 Å². The van der Waals surface area contributed by atoms with Crippen molar-refractivity contribution < 1.29 is 23.4 Å². The highest BCUT2D eigenvalue weighted by Gasteiger charge is 2.28. The van der Waals surface area contributed by atoms with Crippen LogP contribution in [0, 0.1) is 0 Å². The van der Waals surface area contributed by atoms with E-state index in [0.29, 0.717) is 10.4 Å². The Labute approximate surface area is 145 Å². The van der Waals surface area contributed by atoms with Gasteiger partial charge in [0, 0.05) is 16.9 Å². The predicted octanol–water partition coefficient (Wildman–Crippen LogP) is 4.94. The average molecular weight is 368 g/mol. The van der Waals surface area contributed by atoms with Gasteiger partial charge in [-0.25, -0.2) is 4.79 Å². The first-order chi connectivity index (χ1) is 11.0. The Kier molecular flexibility index (Phi) is 5.33. The molecule has 1 atom stereocenters. The molecule has 5 nitrogen and oxygen atoms in total. The van der Waals surface area contributed by atoms with Crippen molar-refractivity contribution >= 4 is 40.3 Å². The molecule has 24 heavy (non-hydrogen) atoms. The Bertz CT molecular complexity index is 831. The second-order valence-corrected chi connectivity index (χ2v) is 9.87. The van der Waals surface area contributed by atoms with Crippen molar-refractivity contribution in [3.63, 3.8) is 0 Å². The number of esters is 1. The smallest absolute Gasteiger partial charge is 0.348 e.